The third kappa shape index (κ3) is 2.99. The van der Waals surface area contributed by atoms with E-state index >= 15 is 0 Å². The average molecular weight is 362 g/mol. The van der Waals surface area contributed by atoms with Gasteiger partial charge in [-0.3, -0.25) is 9.36 Å². The maximum absolute atomic E-state index is 12.8. The van der Waals surface area contributed by atoms with Crippen molar-refractivity contribution in [1.82, 2.24) is 29.4 Å². The Kier molecular flexibility index (Phi) is 4.66. The molecule has 0 unspecified atom stereocenters. The molecule has 0 radical (unpaired) electrons. The molecule has 0 fully saturated rings. The van der Waals surface area contributed by atoms with E-state index in [4.69, 9.17) is 0 Å². The molecule has 4 aromatic rings. The minimum atomic E-state index is -0.166. The van der Waals surface area contributed by atoms with Gasteiger partial charge in [0.1, 0.15) is 6.33 Å². The van der Waals surface area contributed by atoms with Gasteiger partial charge in [-0.25, -0.2) is 4.98 Å². The molecule has 27 heavy (non-hydrogen) atoms. The number of unbranched alkanes of at least 4 members (excludes halogenated alkanes) is 2. The zero-order valence-electron chi connectivity index (χ0n) is 15.6. The fourth-order valence-electron chi connectivity index (χ4n) is 3.34. The molecule has 4 rings (SSSR count). The topological polar surface area (TPSA) is 78.0 Å². The molecule has 0 aliphatic carbocycles. The number of aromatic nitrogens is 6. The van der Waals surface area contributed by atoms with Gasteiger partial charge in [0.05, 0.1) is 11.3 Å². The summed E-state index contributed by atoms with van der Waals surface area (Å²) in [6, 6.07) is 10.0. The van der Waals surface area contributed by atoms with Gasteiger partial charge in [-0.15, -0.1) is 10.2 Å². The van der Waals surface area contributed by atoms with Crippen LogP contribution in [0.15, 0.2) is 41.5 Å². The van der Waals surface area contributed by atoms with Crippen molar-refractivity contribution in [3.05, 3.63) is 52.7 Å². The molecule has 7 heteroatoms. The summed E-state index contributed by atoms with van der Waals surface area (Å²) in [6.45, 7) is 4.83. The van der Waals surface area contributed by atoms with Gasteiger partial charge < -0.3 is 0 Å². The summed E-state index contributed by atoms with van der Waals surface area (Å²) < 4.78 is 3.27. The first-order chi connectivity index (χ1) is 13.2. The largest absolute Gasteiger partial charge is 0.297 e. The summed E-state index contributed by atoms with van der Waals surface area (Å²) in [5.41, 5.74) is 4.06. The molecular weight excluding hydrogens is 340 g/mol. The van der Waals surface area contributed by atoms with Gasteiger partial charge in [0.25, 0.3) is 5.56 Å². The van der Waals surface area contributed by atoms with Crippen LogP contribution in [0.25, 0.3) is 27.9 Å². The van der Waals surface area contributed by atoms with Crippen molar-refractivity contribution < 1.29 is 0 Å². The summed E-state index contributed by atoms with van der Waals surface area (Å²) >= 11 is 0. The lowest BCUT2D eigenvalue weighted by Crippen LogP contribution is -2.23. The highest BCUT2D eigenvalue weighted by Crippen LogP contribution is 2.28. The SMILES string of the molecule is CCCCCn1cnc2c(nnc3c(-c4ccccc4)c(CC)nn32)c1=O. The highest BCUT2D eigenvalue weighted by Gasteiger charge is 2.19. The van der Waals surface area contributed by atoms with Gasteiger partial charge in [0.15, 0.2) is 16.8 Å². The van der Waals surface area contributed by atoms with Crippen LogP contribution in [0.3, 0.4) is 0 Å². The van der Waals surface area contributed by atoms with Crippen molar-refractivity contribution in [3.63, 3.8) is 0 Å². The standard InChI is InChI=1S/C20H22N6O/c1-3-5-9-12-25-13-21-19-17(20(25)27)22-23-18-16(14-10-7-6-8-11-14)15(4-2)24-26(18)19/h6-8,10-11,13H,3-5,9,12H2,1-2H3. The van der Waals surface area contributed by atoms with Crippen LogP contribution in [0.2, 0.25) is 0 Å². The van der Waals surface area contributed by atoms with Crippen LogP contribution in [-0.4, -0.2) is 29.4 Å². The zero-order chi connectivity index (χ0) is 18.8. The Balaban J connectivity index is 1.91. The molecule has 0 bridgehead atoms. The molecule has 3 aromatic heterocycles. The molecular formula is C20H22N6O. The van der Waals surface area contributed by atoms with Crippen molar-refractivity contribution in [2.45, 2.75) is 46.1 Å². The lowest BCUT2D eigenvalue weighted by molar-refractivity contribution is 0.582. The summed E-state index contributed by atoms with van der Waals surface area (Å²) in [4.78, 5) is 17.3. The Hall–Kier alpha value is -3.09. The van der Waals surface area contributed by atoms with Crippen molar-refractivity contribution in [1.29, 1.82) is 0 Å². The maximum Gasteiger partial charge on any atom is 0.283 e. The maximum atomic E-state index is 12.8. The van der Waals surface area contributed by atoms with Crippen LogP contribution in [0.1, 0.15) is 38.8 Å². The van der Waals surface area contributed by atoms with Crippen LogP contribution in [0.4, 0.5) is 0 Å². The van der Waals surface area contributed by atoms with Crippen LogP contribution >= 0.6 is 0 Å². The second-order valence-electron chi connectivity index (χ2n) is 6.60. The van der Waals surface area contributed by atoms with E-state index in [0.29, 0.717) is 17.8 Å². The smallest absolute Gasteiger partial charge is 0.283 e. The molecule has 0 amide bonds. The van der Waals surface area contributed by atoms with Crippen LogP contribution < -0.4 is 5.56 Å². The number of benzene rings is 1. The van der Waals surface area contributed by atoms with Gasteiger partial charge in [0, 0.05) is 6.54 Å². The Morgan fingerprint density at radius 2 is 1.81 bits per heavy atom. The fraction of sp³-hybridized carbons (Fsp3) is 0.350. The minimum absolute atomic E-state index is 0.166. The Labute approximate surface area is 156 Å². The Bertz CT molecular complexity index is 1150. The Morgan fingerprint density at radius 1 is 1.00 bits per heavy atom. The molecule has 1 aromatic carbocycles. The first kappa shape index (κ1) is 17.3. The Morgan fingerprint density at radius 3 is 2.56 bits per heavy atom. The molecule has 0 saturated carbocycles. The number of nitrogens with zero attached hydrogens (tertiary/aromatic N) is 6. The monoisotopic (exact) mass is 362 g/mol. The van der Waals surface area contributed by atoms with E-state index in [-0.39, 0.29) is 11.1 Å². The molecule has 0 N–H and O–H groups in total. The quantitative estimate of drug-likeness (QED) is 0.492. The predicted octanol–water partition coefficient (Wildman–Crippen LogP) is 3.25. The molecule has 0 spiro atoms. The number of fused-ring (bicyclic) bond motifs is 3. The lowest BCUT2D eigenvalue weighted by Gasteiger charge is -2.06. The van der Waals surface area contributed by atoms with E-state index < -0.39 is 0 Å². The van der Waals surface area contributed by atoms with Crippen LogP contribution in [-0.2, 0) is 13.0 Å². The van der Waals surface area contributed by atoms with Gasteiger partial charge in [-0.2, -0.15) is 9.61 Å². The average Bonchev–Trinajstić information content (AvgIpc) is 3.09. The summed E-state index contributed by atoms with van der Waals surface area (Å²) in [6.07, 6.45) is 5.47. The highest BCUT2D eigenvalue weighted by molar-refractivity contribution is 5.83. The van der Waals surface area contributed by atoms with Gasteiger partial charge in [0.2, 0.25) is 0 Å². The zero-order valence-corrected chi connectivity index (χ0v) is 15.6. The third-order valence-corrected chi connectivity index (χ3v) is 4.77. The highest BCUT2D eigenvalue weighted by atomic mass is 16.1. The van der Waals surface area contributed by atoms with Crippen molar-refractivity contribution in [3.8, 4) is 11.1 Å². The molecule has 3 heterocycles. The van der Waals surface area contributed by atoms with E-state index in [2.05, 4.69) is 34.1 Å². The molecule has 138 valence electrons. The van der Waals surface area contributed by atoms with E-state index in [1.54, 1.807) is 15.4 Å². The number of aryl methyl sites for hydroxylation is 2. The number of rotatable bonds is 6. The molecule has 7 nitrogen and oxygen atoms in total. The summed E-state index contributed by atoms with van der Waals surface area (Å²) in [5.74, 6) is 0. The second-order valence-corrected chi connectivity index (χ2v) is 6.60. The van der Waals surface area contributed by atoms with Gasteiger partial charge >= 0.3 is 0 Å². The molecule has 0 aliphatic rings. The van der Waals surface area contributed by atoms with Crippen molar-refractivity contribution >= 4 is 16.8 Å². The van der Waals surface area contributed by atoms with Crippen molar-refractivity contribution in [2.75, 3.05) is 0 Å². The minimum Gasteiger partial charge on any atom is -0.297 e. The number of hydrogen-bond donors (Lipinski definition) is 0. The first-order valence-electron chi connectivity index (χ1n) is 9.43. The van der Waals surface area contributed by atoms with Gasteiger partial charge in [-0.05, 0) is 18.4 Å². The van der Waals surface area contributed by atoms with E-state index in [1.807, 2.05) is 30.3 Å². The summed E-state index contributed by atoms with van der Waals surface area (Å²) in [5, 5.41) is 13.3. The lowest BCUT2D eigenvalue weighted by atomic mass is 10.0. The van der Waals surface area contributed by atoms with E-state index in [1.165, 1.54) is 0 Å². The predicted molar refractivity (Wildman–Crippen MR) is 105 cm³/mol. The van der Waals surface area contributed by atoms with Gasteiger partial charge in [-0.1, -0.05) is 57.0 Å². The van der Waals surface area contributed by atoms with Crippen molar-refractivity contribution in [2.24, 2.45) is 0 Å². The summed E-state index contributed by atoms with van der Waals surface area (Å²) in [7, 11) is 0. The van der Waals surface area contributed by atoms with E-state index in [9.17, 15) is 4.79 Å². The number of hydrogen-bond acceptors (Lipinski definition) is 5. The molecule has 0 saturated heterocycles. The third-order valence-electron chi connectivity index (χ3n) is 4.77. The first-order valence-corrected chi connectivity index (χ1v) is 9.43. The van der Waals surface area contributed by atoms with Crippen LogP contribution in [0.5, 0.6) is 0 Å². The van der Waals surface area contributed by atoms with Crippen LogP contribution in [0, 0.1) is 0 Å². The van der Waals surface area contributed by atoms with E-state index in [0.717, 1.165) is 42.5 Å². The second kappa shape index (κ2) is 7.26. The molecule has 0 atom stereocenters. The fourth-order valence-corrected chi connectivity index (χ4v) is 3.34. The molecule has 0 aliphatic heterocycles. The normalized spacial score (nSPS) is 11.5.